The number of H-pyrrole nitrogens is 1. The average molecular weight is 467 g/mol. The number of hydrogen-bond donors (Lipinski definition) is 2. The smallest absolute Gasteiger partial charge is 0.313 e. The number of benzene rings is 2. The number of halogens is 2. The Kier molecular flexibility index (Phi) is 4.44. The summed E-state index contributed by atoms with van der Waals surface area (Å²) in [5, 5.41) is 17.2. The Morgan fingerprint density at radius 2 is 2.09 bits per heavy atom. The van der Waals surface area contributed by atoms with Crippen molar-refractivity contribution in [3.05, 3.63) is 68.8 Å². The standard InChI is InChI=1S/C22H16ClFN6O3/c23-14-9-17(15(24)8-13(14)12-2-1-3-16-21(12)29-33-28-16)25-22(32)30-11-4-5-18(30)20-10(6-11)7-19(31)26-27-20/h1-3,7-9,11,18H,4-6H2,(H,25,32)(H,26,31)/t11-,18+/m0/s1. The van der Waals surface area contributed by atoms with Gasteiger partial charge in [-0.3, -0.25) is 4.79 Å². The number of urea groups is 1. The molecule has 0 unspecified atom stereocenters. The molecule has 1 fully saturated rings. The summed E-state index contributed by atoms with van der Waals surface area (Å²) in [7, 11) is 0. The van der Waals surface area contributed by atoms with Gasteiger partial charge in [0.05, 0.1) is 22.4 Å². The second kappa shape index (κ2) is 7.38. The van der Waals surface area contributed by atoms with Crippen LogP contribution in [0.4, 0.5) is 14.9 Å². The van der Waals surface area contributed by atoms with Crippen LogP contribution in [-0.4, -0.2) is 37.5 Å². The molecule has 6 rings (SSSR count). The number of aromatic amines is 1. The molecule has 2 amide bonds. The number of hydrogen-bond acceptors (Lipinski definition) is 6. The molecule has 2 N–H and O–H groups in total. The Hall–Kier alpha value is -3.79. The first kappa shape index (κ1) is 19.9. The van der Waals surface area contributed by atoms with Gasteiger partial charge in [-0.15, -0.1) is 0 Å². The largest absolute Gasteiger partial charge is 0.322 e. The van der Waals surface area contributed by atoms with E-state index in [2.05, 4.69) is 25.8 Å². The molecule has 0 radical (unpaired) electrons. The quantitative estimate of drug-likeness (QED) is 0.460. The second-order valence-electron chi connectivity index (χ2n) is 8.18. The SMILES string of the molecule is O=C(Nc1cc(Cl)c(-c2cccc3nonc23)cc1F)N1[C@H]2CC[C@@H]1c1n[nH]c(=O)cc1C2. The van der Waals surface area contributed by atoms with Gasteiger partial charge in [-0.2, -0.15) is 5.10 Å². The molecule has 0 spiro atoms. The minimum atomic E-state index is -0.636. The molecule has 9 nitrogen and oxygen atoms in total. The van der Waals surface area contributed by atoms with Gasteiger partial charge in [0.1, 0.15) is 16.9 Å². The maximum Gasteiger partial charge on any atom is 0.322 e. The molecule has 4 aromatic rings. The zero-order valence-electron chi connectivity index (χ0n) is 17.0. The minimum absolute atomic E-state index is 0.0289. The van der Waals surface area contributed by atoms with Crippen LogP contribution in [0, 0.1) is 5.82 Å². The molecule has 2 aromatic heterocycles. The van der Waals surface area contributed by atoms with Crippen LogP contribution in [0.25, 0.3) is 22.2 Å². The van der Waals surface area contributed by atoms with Crippen molar-refractivity contribution in [1.82, 2.24) is 25.4 Å². The van der Waals surface area contributed by atoms with Crippen molar-refractivity contribution in [1.29, 1.82) is 0 Å². The van der Waals surface area contributed by atoms with Crippen LogP contribution in [0.1, 0.15) is 30.1 Å². The maximum atomic E-state index is 15.1. The van der Waals surface area contributed by atoms with Crippen LogP contribution >= 0.6 is 11.6 Å². The third kappa shape index (κ3) is 3.17. The molecule has 0 aliphatic carbocycles. The van der Waals surface area contributed by atoms with Gasteiger partial charge in [-0.1, -0.05) is 23.7 Å². The van der Waals surface area contributed by atoms with Gasteiger partial charge in [-0.25, -0.2) is 18.9 Å². The fraction of sp³-hybridized carbons (Fsp3) is 0.227. The molecule has 4 heterocycles. The number of amides is 2. The summed E-state index contributed by atoms with van der Waals surface area (Å²) in [4.78, 5) is 26.4. The van der Waals surface area contributed by atoms with E-state index in [1.165, 1.54) is 18.2 Å². The van der Waals surface area contributed by atoms with E-state index in [-0.39, 0.29) is 28.4 Å². The lowest BCUT2D eigenvalue weighted by molar-refractivity contribution is 0.177. The van der Waals surface area contributed by atoms with Crippen molar-refractivity contribution in [2.45, 2.75) is 31.3 Å². The molecule has 166 valence electrons. The summed E-state index contributed by atoms with van der Waals surface area (Å²) in [6, 6.07) is 8.59. The molecular formula is C22H16ClFN6O3. The highest BCUT2D eigenvalue weighted by atomic mass is 35.5. The fourth-order valence-electron chi connectivity index (χ4n) is 4.87. The third-order valence-electron chi connectivity index (χ3n) is 6.30. The topological polar surface area (TPSA) is 117 Å². The van der Waals surface area contributed by atoms with Crippen molar-refractivity contribution in [2.75, 3.05) is 5.32 Å². The Morgan fingerprint density at radius 3 is 2.97 bits per heavy atom. The molecule has 2 aliphatic heterocycles. The average Bonchev–Trinajstić information content (AvgIpc) is 3.40. The van der Waals surface area contributed by atoms with Gasteiger partial charge in [0.25, 0.3) is 5.56 Å². The first-order valence-electron chi connectivity index (χ1n) is 10.4. The molecule has 0 saturated carbocycles. The zero-order valence-corrected chi connectivity index (χ0v) is 17.8. The van der Waals surface area contributed by atoms with Gasteiger partial charge in [0.2, 0.25) is 0 Å². The lowest BCUT2D eigenvalue weighted by atomic mass is 9.99. The molecule has 2 atom stereocenters. The van der Waals surface area contributed by atoms with E-state index in [9.17, 15) is 9.59 Å². The zero-order chi connectivity index (χ0) is 22.7. The van der Waals surface area contributed by atoms with Gasteiger partial charge < -0.3 is 10.2 Å². The number of carbonyl (C=O) groups is 1. The van der Waals surface area contributed by atoms with Crippen LogP contribution in [-0.2, 0) is 6.42 Å². The predicted octanol–water partition coefficient (Wildman–Crippen LogP) is 4.06. The van der Waals surface area contributed by atoms with Crippen LogP contribution in [0.3, 0.4) is 0 Å². The highest BCUT2D eigenvalue weighted by Gasteiger charge is 2.44. The third-order valence-corrected chi connectivity index (χ3v) is 6.62. The summed E-state index contributed by atoms with van der Waals surface area (Å²) in [5.41, 5.74) is 3.21. The van der Waals surface area contributed by atoms with Crippen molar-refractivity contribution in [3.63, 3.8) is 0 Å². The molecule has 33 heavy (non-hydrogen) atoms. The Balaban J connectivity index is 1.30. The number of rotatable bonds is 2. The normalized spacial score (nSPS) is 19.0. The molecule has 1 saturated heterocycles. The van der Waals surface area contributed by atoms with Gasteiger partial charge in [0, 0.05) is 23.2 Å². The fourth-order valence-corrected chi connectivity index (χ4v) is 5.13. The van der Waals surface area contributed by atoms with E-state index in [0.29, 0.717) is 34.3 Å². The number of fused-ring (bicyclic) bond motifs is 5. The summed E-state index contributed by atoms with van der Waals surface area (Å²) >= 11 is 6.47. The van der Waals surface area contributed by atoms with E-state index in [1.807, 2.05) is 0 Å². The van der Waals surface area contributed by atoms with Crippen LogP contribution in [0.5, 0.6) is 0 Å². The number of nitrogens with one attached hydrogen (secondary N) is 2. The highest BCUT2D eigenvalue weighted by molar-refractivity contribution is 6.34. The monoisotopic (exact) mass is 466 g/mol. The Labute approximate surface area is 190 Å². The molecular weight excluding hydrogens is 451 g/mol. The second-order valence-corrected chi connectivity index (χ2v) is 8.59. The number of aromatic nitrogens is 4. The van der Waals surface area contributed by atoms with Crippen molar-refractivity contribution in [2.24, 2.45) is 0 Å². The molecule has 2 aromatic carbocycles. The molecule has 2 aliphatic rings. The van der Waals surface area contributed by atoms with Crippen LogP contribution < -0.4 is 10.9 Å². The summed E-state index contributed by atoms with van der Waals surface area (Å²) in [6.45, 7) is 0. The predicted molar refractivity (Wildman–Crippen MR) is 117 cm³/mol. The summed E-state index contributed by atoms with van der Waals surface area (Å²) in [6.07, 6.45) is 2.04. The minimum Gasteiger partial charge on any atom is -0.313 e. The number of nitrogens with zero attached hydrogens (tertiary/aromatic N) is 4. The van der Waals surface area contributed by atoms with Gasteiger partial charge in [0.15, 0.2) is 0 Å². The maximum absolute atomic E-state index is 15.1. The first-order chi connectivity index (χ1) is 16.0. The lowest BCUT2D eigenvalue weighted by Crippen LogP contribution is -2.45. The van der Waals surface area contributed by atoms with E-state index in [4.69, 9.17) is 16.2 Å². The Bertz CT molecular complexity index is 1480. The number of anilines is 1. The lowest BCUT2D eigenvalue weighted by Gasteiger charge is -2.35. The van der Waals surface area contributed by atoms with Crippen molar-refractivity contribution in [3.8, 4) is 11.1 Å². The van der Waals surface area contributed by atoms with E-state index in [1.54, 1.807) is 23.1 Å². The molecule has 2 bridgehead atoms. The highest BCUT2D eigenvalue weighted by Crippen LogP contribution is 2.43. The van der Waals surface area contributed by atoms with Crippen LogP contribution in [0.15, 0.2) is 45.8 Å². The number of carbonyl (C=O) groups excluding carboxylic acids is 1. The first-order valence-corrected chi connectivity index (χ1v) is 10.8. The summed E-state index contributed by atoms with van der Waals surface area (Å²) < 4.78 is 19.8. The van der Waals surface area contributed by atoms with Crippen molar-refractivity contribution < 1.29 is 13.8 Å². The van der Waals surface area contributed by atoms with Gasteiger partial charge >= 0.3 is 6.03 Å². The van der Waals surface area contributed by atoms with E-state index in [0.717, 1.165) is 18.4 Å². The Morgan fingerprint density at radius 1 is 1.21 bits per heavy atom. The van der Waals surface area contributed by atoms with Crippen LogP contribution in [0.2, 0.25) is 5.02 Å². The summed E-state index contributed by atoms with van der Waals surface area (Å²) in [5.74, 6) is -0.636. The van der Waals surface area contributed by atoms with E-state index >= 15 is 4.39 Å². The van der Waals surface area contributed by atoms with E-state index < -0.39 is 11.8 Å². The molecule has 11 heteroatoms. The van der Waals surface area contributed by atoms with Gasteiger partial charge in [-0.05, 0) is 53.3 Å². The van der Waals surface area contributed by atoms with Crippen molar-refractivity contribution >= 4 is 34.4 Å².